The highest BCUT2D eigenvalue weighted by Crippen LogP contribution is 2.45. The van der Waals surface area contributed by atoms with Crippen LogP contribution in [0.4, 0.5) is 0 Å². The second-order valence-corrected chi connectivity index (χ2v) is 14.9. The number of rotatable bonds is 30. The van der Waals surface area contributed by atoms with E-state index in [4.69, 9.17) is 0 Å². The molecule has 0 fully saturated rings. The fraction of sp³-hybridized carbons (Fsp3) is 0.667. The van der Waals surface area contributed by atoms with Crippen molar-refractivity contribution in [3.8, 4) is 11.5 Å². The van der Waals surface area contributed by atoms with E-state index in [0.717, 1.165) is 50.3 Å². The van der Waals surface area contributed by atoms with E-state index in [2.05, 4.69) is 13.8 Å². The third-order valence-electron chi connectivity index (χ3n) is 9.71. The molecule has 0 spiro atoms. The molecular formula is C42H66O6S. The van der Waals surface area contributed by atoms with Crippen LogP contribution in [0.25, 0.3) is 0 Å². The molecule has 0 unspecified atom stereocenters. The SMILES string of the molecule is CCCCCCCCCCCCCCc1c(C(=O)O)ccc(O)c1Sc1c(O)ccc(C(=O)O)c1CCCCCCCCCCCCCC. The number of phenolic OH excluding ortho intramolecular Hbond substituents is 2. The first-order valence-electron chi connectivity index (χ1n) is 19.7. The summed E-state index contributed by atoms with van der Waals surface area (Å²) in [6.07, 6.45) is 29.8. The highest BCUT2D eigenvalue weighted by Gasteiger charge is 2.23. The Morgan fingerprint density at radius 3 is 0.980 bits per heavy atom. The molecule has 0 radical (unpaired) electrons. The summed E-state index contributed by atoms with van der Waals surface area (Å²) in [7, 11) is 0. The number of aromatic hydroxyl groups is 2. The number of carboxylic acid groups (broad SMARTS) is 2. The fourth-order valence-corrected chi connectivity index (χ4v) is 7.96. The van der Waals surface area contributed by atoms with Crippen molar-refractivity contribution in [2.45, 2.75) is 191 Å². The largest absolute Gasteiger partial charge is 0.507 e. The minimum absolute atomic E-state index is 0.0552. The van der Waals surface area contributed by atoms with E-state index in [9.17, 15) is 30.0 Å². The Morgan fingerprint density at radius 2 is 0.714 bits per heavy atom. The molecule has 0 aromatic heterocycles. The maximum Gasteiger partial charge on any atom is 0.336 e. The number of unbranched alkanes of at least 4 members (excludes halogenated alkanes) is 22. The van der Waals surface area contributed by atoms with Gasteiger partial charge in [0.15, 0.2) is 0 Å². The number of carboxylic acids is 2. The van der Waals surface area contributed by atoms with Gasteiger partial charge in [-0.3, -0.25) is 0 Å². The van der Waals surface area contributed by atoms with Crippen LogP contribution in [0.15, 0.2) is 34.1 Å². The van der Waals surface area contributed by atoms with E-state index in [-0.39, 0.29) is 22.6 Å². The van der Waals surface area contributed by atoms with Crippen LogP contribution >= 0.6 is 11.8 Å². The number of benzene rings is 2. The topological polar surface area (TPSA) is 115 Å². The van der Waals surface area contributed by atoms with Crippen molar-refractivity contribution in [2.24, 2.45) is 0 Å². The third kappa shape index (κ3) is 16.7. The van der Waals surface area contributed by atoms with Crippen molar-refractivity contribution in [1.82, 2.24) is 0 Å². The van der Waals surface area contributed by atoms with Gasteiger partial charge in [-0.1, -0.05) is 167 Å². The molecule has 0 aliphatic rings. The zero-order valence-electron chi connectivity index (χ0n) is 30.7. The summed E-state index contributed by atoms with van der Waals surface area (Å²) < 4.78 is 0. The standard InChI is InChI=1S/C42H66O6S/c1-3-5-7-9-11-13-15-17-19-21-23-25-27-33-35(41(45)46)29-31-37(43)39(33)49-40-34(36(42(47)48)30-32-38(40)44)28-26-24-22-20-18-16-14-12-10-8-6-4-2/h29-32,43-44H,3-28H2,1-2H3,(H,45,46)(H,47,48). The highest BCUT2D eigenvalue weighted by atomic mass is 32.2. The van der Waals surface area contributed by atoms with E-state index in [1.165, 1.54) is 140 Å². The summed E-state index contributed by atoms with van der Waals surface area (Å²) >= 11 is 1.10. The summed E-state index contributed by atoms with van der Waals surface area (Å²) in [6.45, 7) is 4.48. The number of aromatic carboxylic acids is 2. The Hall–Kier alpha value is -2.67. The van der Waals surface area contributed by atoms with Gasteiger partial charge in [-0.05, 0) is 61.1 Å². The van der Waals surface area contributed by atoms with Gasteiger partial charge in [-0.25, -0.2) is 9.59 Å². The van der Waals surface area contributed by atoms with E-state index in [1.54, 1.807) is 0 Å². The molecule has 0 saturated carbocycles. The van der Waals surface area contributed by atoms with Crippen molar-refractivity contribution in [3.63, 3.8) is 0 Å². The zero-order chi connectivity index (χ0) is 35.7. The molecule has 2 aromatic carbocycles. The normalized spacial score (nSPS) is 11.3. The summed E-state index contributed by atoms with van der Waals surface area (Å²) in [4.78, 5) is 25.3. The number of phenols is 2. The molecule has 0 aliphatic heterocycles. The third-order valence-corrected chi connectivity index (χ3v) is 11.0. The summed E-state index contributed by atoms with van der Waals surface area (Å²) in [5, 5.41) is 42.0. The molecule has 4 N–H and O–H groups in total. The number of hydrogen-bond acceptors (Lipinski definition) is 5. The Morgan fingerprint density at radius 1 is 0.449 bits per heavy atom. The smallest absolute Gasteiger partial charge is 0.336 e. The van der Waals surface area contributed by atoms with E-state index in [1.807, 2.05) is 0 Å². The van der Waals surface area contributed by atoms with Crippen molar-refractivity contribution in [2.75, 3.05) is 0 Å². The monoisotopic (exact) mass is 698 g/mol. The van der Waals surface area contributed by atoms with Crippen LogP contribution < -0.4 is 0 Å². The second kappa shape index (κ2) is 26.2. The van der Waals surface area contributed by atoms with E-state index >= 15 is 0 Å². The maximum absolute atomic E-state index is 12.3. The second-order valence-electron chi connectivity index (χ2n) is 13.9. The molecule has 2 aromatic rings. The van der Waals surface area contributed by atoms with Crippen molar-refractivity contribution in [3.05, 3.63) is 46.5 Å². The van der Waals surface area contributed by atoms with Crippen LogP contribution in [-0.2, 0) is 12.8 Å². The van der Waals surface area contributed by atoms with Crippen molar-refractivity contribution < 1.29 is 30.0 Å². The molecule has 2 rings (SSSR count). The average molecular weight is 699 g/mol. The molecule has 0 aliphatic carbocycles. The van der Waals surface area contributed by atoms with Gasteiger partial charge in [-0.2, -0.15) is 0 Å². The molecule has 0 saturated heterocycles. The van der Waals surface area contributed by atoms with Gasteiger partial charge in [0.2, 0.25) is 0 Å². The predicted octanol–water partition coefficient (Wildman–Crippen LogP) is 13.1. The van der Waals surface area contributed by atoms with Gasteiger partial charge in [0.25, 0.3) is 0 Å². The van der Waals surface area contributed by atoms with Crippen molar-refractivity contribution in [1.29, 1.82) is 0 Å². The first-order valence-corrected chi connectivity index (χ1v) is 20.5. The lowest BCUT2D eigenvalue weighted by molar-refractivity contribution is 0.0684. The molecule has 49 heavy (non-hydrogen) atoms. The lowest BCUT2D eigenvalue weighted by Gasteiger charge is -2.18. The predicted molar refractivity (Wildman–Crippen MR) is 204 cm³/mol. The molecule has 276 valence electrons. The van der Waals surface area contributed by atoms with Gasteiger partial charge in [0, 0.05) is 0 Å². The zero-order valence-corrected chi connectivity index (χ0v) is 31.5. The molecule has 0 heterocycles. The van der Waals surface area contributed by atoms with Crippen LogP contribution in [0, 0.1) is 0 Å². The average Bonchev–Trinajstić information content (AvgIpc) is 3.07. The quantitative estimate of drug-likeness (QED) is 0.0600. The molecule has 7 heteroatoms. The lowest BCUT2D eigenvalue weighted by Crippen LogP contribution is -2.06. The molecule has 6 nitrogen and oxygen atoms in total. The summed E-state index contributed by atoms with van der Waals surface area (Å²) in [6, 6.07) is 5.66. The van der Waals surface area contributed by atoms with Crippen LogP contribution in [0.5, 0.6) is 11.5 Å². The molecule has 0 atom stereocenters. The Kier molecular flexibility index (Phi) is 22.7. The van der Waals surface area contributed by atoms with Gasteiger partial charge < -0.3 is 20.4 Å². The summed E-state index contributed by atoms with van der Waals surface area (Å²) in [5.41, 5.74) is 1.36. The minimum Gasteiger partial charge on any atom is -0.507 e. The van der Waals surface area contributed by atoms with Gasteiger partial charge in [-0.15, -0.1) is 0 Å². The first-order chi connectivity index (χ1) is 23.8. The minimum atomic E-state index is -1.06. The van der Waals surface area contributed by atoms with Crippen LogP contribution in [0.1, 0.15) is 200 Å². The molecule has 0 amide bonds. The van der Waals surface area contributed by atoms with Gasteiger partial charge in [0.05, 0.1) is 20.9 Å². The number of hydrogen-bond donors (Lipinski definition) is 4. The van der Waals surface area contributed by atoms with Crippen LogP contribution in [0.3, 0.4) is 0 Å². The van der Waals surface area contributed by atoms with Gasteiger partial charge in [0.1, 0.15) is 11.5 Å². The van der Waals surface area contributed by atoms with Crippen molar-refractivity contribution >= 4 is 23.7 Å². The summed E-state index contributed by atoms with van der Waals surface area (Å²) in [5.74, 6) is -2.23. The van der Waals surface area contributed by atoms with Crippen LogP contribution in [-0.4, -0.2) is 32.4 Å². The molecular weight excluding hydrogens is 633 g/mol. The molecule has 0 bridgehead atoms. The maximum atomic E-state index is 12.3. The fourth-order valence-electron chi connectivity index (χ4n) is 6.74. The number of carbonyl (C=O) groups is 2. The first kappa shape index (κ1) is 42.5. The van der Waals surface area contributed by atoms with Crippen LogP contribution in [0.2, 0.25) is 0 Å². The Balaban J connectivity index is 2.01. The Bertz CT molecular complexity index is 1130. The Labute approximate surface area is 301 Å². The highest BCUT2D eigenvalue weighted by molar-refractivity contribution is 7.99. The van der Waals surface area contributed by atoms with E-state index < -0.39 is 11.9 Å². The lowest BCUT2D eigenvalue weighted by atomic mass is 9.99. The van der Waals surface area contributed by atoms with Gasteiger partial charge >= 0.3 is 11.9 Å². The van der Waals surface area contributed by atoms with E-state index in [0.29, 0.717) is 33.8 Å².